The standard InChI is InChI=1S/C17H21FN4O2/c1-11(2)15-13(9-20-21-15)17(23)22-8-4-5-12(10-22)24-16-14(18)6-3-7-19-16/h3,6-7,9,11-12H,4-5,8,10H2,1-2H3,(H,20,21). The smallest absolute Gasteiger partial charge is 0.257 e. The summed E-state index contributed by atoms with van der Waals surface area (Å²) in [6.45, 7) is 5.09. The molecule has 1 aliphatic heterocycles. The summed E-state index contributed by atoms with van der Waals surface area (Å²) in [5.74, 6) is -0.381. The molecule has 128 valence electrons. The number of piperidine rings is 1. The van der Waals surface area contributed by atoms with Crippen LogP contribution < -0.4 is 4.74 Å². The van der Waals surface area contributed by atoms with Crippen molar-refractivity contribution in [1.29, 1.82) is 0 Å². The quantitative estimate of drug-likeness (QED) is 0.934. The maximum atomic E-state index is 13.7. The van der Waals surface area contributed by atoms with Crippen LogP contribution in [0.25, 0.3) is 0 Å². The molecular weight excluding hydrogens is 311 g/mol. The summed E-state index contributed by atoms with van der Waals surface area (Å²) in [7, 11) is 0. The van der Waals surface area contributed by atoms with Gasteiger partial charge in [0.25, 0.3) is 11.8 Å². The molecule has 3 heterocycles. The molecule has 0 radical (unpaired) electrons. The zero-order chi connectivity index (χ0) is 17.1. The highest BCUT2D eigenvalue weighted by atomic mass is 19.1. The lowest BCUT2D eigenvalue weighted by Gasteiger charge is -2.32. The molecule has 0 bridgehead atoms. The van der Waals surface area contributed by atoms with E-state index in [9.17, 15) is 9.18 Å². The van der Waals surface area contributed by atoms with Crippen LogP contribution in [-0.4, -0.2) is 45.2 Å². The monoisotopic (exact) mass is 332 g/mol. The van der Waals surface area contributed by atoms with Gasteiger partial charge in [0, 0.05) is 12.7 Å². The average molecular weight is 332 g/mol. The minimum absolute atomic E-state index is 0.0111. The second-order valence-electron chi connectivity index (χ2n) is 6.28. The molecule has 0 spiro atoms. The van der Waals surface area contributed by atoms with E-state index >= 15 is 0 Å². The zero-order valence-corrected chi connectivity index (χ0v) is 13.8. The number of pyridine rings is 1. The van der Waals surface area contributed by atoms with E-state index in [4.69, 9.17) is 4.74 Å². The Morgan fingerprint density at radius 2 is 2.33 bits per heavy atom. The SMILES string of the molecule is CC(C)c1[nH]ncc1C(=O)N1CCCC(Oc2ncccc2F)C1. The normalized spacial score (nSPS) is 18.0. The summed E-state index contributed by atoms with van der Waals surface area (Å²) in [6.07, 6.45) is 4.37. The summed E-state index contributed by atoms with van der Waals surface area (Å²) in [5, 5.41) is 6.89. The topological polar surface area (TPSA) is 71.1 Å². The van der Waals surface area contributed by atoms with Crippen LogP contribution >= 0.6 is 0 Å². The Labute approximate surface area is 140 Å². The number of nitrogens with zero attached hydrogens (tertiary/aromatic N) is 3. The number of rotatable bonds is 4. The highest BCUT2D eigenvalue weighted by Gasteiger charge is 2.28. The van der Waals surface area contributed by atoms with Gasteiger partial charge in [-0.15, -0.1) is 0 Å². The lowest BCUT2D eigenvalue weighted by molar-refractivity contribution is 0.0517. The van der Waals surface area contributed by atoms with Gasteiger partial charge in [0.05, 0.1) is 24.0 Å². The van der Waals surface area contributed by atoms with E-state index < -0.39 is 5.82 Å². The van der Waals surface area contributed by atoms with Crippen molar-refractivity contribution in [1.82, 2.24) is 20.1 Å². The van der Waals surface area contributed by atoms with Gasteiger partial charge in [0.2, 0.25) is 0 Å². The van der Waals surface area contributed by atoms with E-state index in [0.717, 1.165) is 18.5 Å². The predicted molar refractivity (Wildman–Crippen MR) is 86.4 cm³/mol. The number of H-pyrrole nitrogens is 1. The summed E-state index contributed by atoms with van der Waals surface area (Å²) in [5.41, 5.74) is 1.42. The molecule has 2 aromatic rings. The number of likely N-dealkylation sites (tertiary alicyclic amines) is 1. The molecule has 24 heavy (non-hydrogen) atoms. The molecular formula is C17H21FN4O2. The lowest BCUT2D eigenvalue weighted by atomic mass is 10.0. The summed E-state index contributed by atoms with van der Waals surface area (Å²) >= 11 is 0. The number of hydrogen-bond donors (Lipinski definition) is 1. The summed E-state index contributed by atoms with van der Waals surface area (Å²) < 4.78 is 19.3. The Hall–Kier alpha value is -2.44. The van der Waals surface area contributed by atoms with Gasteiger partial charge in [-0.25, -0.2) is 9.37 Å². The highest BCUT2D eigenvalue weighted by Crippen LogP contribution is 2.22. The van der Waals surface area contributed by atoms with Crippen LogP contribution in [0.4, 0.5) is 4.39 Å². The van der Waals surface area contributed by atoms with Crippen LogP contribution in [0, 0.1) is 5.82 Å². The maximum absolute atomic E-state index is 13.7. The Morgan fingerprint density at radius 3 is 3.08 bits per heavy atom. The summed E-state index contributed by atoms with van der Waals surface area (Å²) in [4.78, 5) is 18.4. The summed E-state index contributed by atoms with van der Waals surface area (Å²) in [6, 6.07) is 2.83. The molecule has 1 unspecified atom stereocenters. The fourth-order valence-corrected chi connectivity index (χ4v) is 2.91. The number of aromatic nitrogens is 3. The van der Waals surface area contributed by atoms with Crippen LogP contribution in [0.3, 0.4) is 0 Å². The third-order valence-corrected chi connectivity index (χ3v) is 4.14. The van der Waals surface area contributed by atoms with Crippen molar-refractivity contribution >= 4 is 5.91 Å². The van der Waals surface area contributed by atoms with E-state index in [1.165, 1.54) is 18.3 Å². The number of amides is 1. The molecule has 1 aliphatic rings. The van der Waals surface area contributed by atoms with Gasteiger partial charge in [0.1, 0.15) is 6.10 Å². The van der Waals surface area contributed by atoms with Gasteiger partial charge < -0.3 is 9.64 Å². The van der Waals surface area contributed by atoms with Gasteiger partial charge in [-0.3, -0.25) is 9.89 Å². The molecule has 1 atom stereocenters. The number of ether oxygens (including phenoxy) is 1. The van der Waals surface area contributed by atoms with E-state index in [2.05, 4.69) is 15.2 Å². The first-order valence-corrected chi connectivity index (χ1v) is 8.16. The third-order valence-electron chi connectivity index (χ3n) is 4.14. The number of hydrogen-bond acceptors (Lipinski definition) is 4. The third kappa shape index (κ3) is 3.39. The molecule has 1 amide bonds. The fraction of sp³-hybridized carbons (Fsp3) is 0.471. The van der Waals surface area contributed by atoms with Crippen molar-refractivity contribution in [3.05, 3.63) is 41.6 Å². The number of aromatic amines is 1. The maximum Gasteiger partial charge on any atom is 0.257 e. The van der Waals surface area contributed by atoms with Crippen LogP contribution in [0.5, 0.6) is 5.88 Å². The highest BCUT2D eigenvalue weighted by molar-refractivity contribution is 5.95. The first-order chi connectivity index (χ1) is 11.6. The molecule has 3 rings (SSSR count). The minimum Gasteiger partial charge on any atom is -0.470 e. The largest absolute Gasteiger partial charge is 0.470 e. The van der Waals surface area contributed by atoms with Crippen molar-refractivity contribution in [3.8, 4) is 5.88 Å². The van der Waals surface area contributed by atoms with Gasteiger partial charge in [-0.2, -0.15) is 5.10 Å². The van der Waals surface area contributed by atoms with Gasteiger partial charge in [-0.1, -0.05) is 13.8 Å². The Morgan fingerprint density at radius 1 is 1.50 bits per heavy atom. The van der Waals surface area contributed by atoms with Crippen LogP contribution in [0.2, 0.25) is 0 Å². The molecule has 1 N–H and O–H groups in total. The molecule has 2 aromatic heterocycles. The number of halogens is 1. The van der Waals surface area contributed by atoms with Crippen LogP contribution in [-0.2, 0) is 0 Å². The molecule has 1 saturated heterocycles. The molecule has 7 heteroatoms. The van der Waals surface area contributed by atoms with Gasteiger partial charge in [0.15, 0.2) is 5.82 Å². The van der Waals surface area contributed by atoms with Gasteiger partial charge in [-0.05, 0) is 30.9 Å². The average Bonchev–Trinajstić information content (AvgIpc) is 3.06. The second-order valence-corrected chi connectivity index (χ2v) is 6.28. The zero-order valence-electron chi connectivity index (χ0n) is 13.8. The Kier molecular flexibility index (Phi) is 4.78. The van der Waals surface area contributed by atoms with Crippen molar-refractivity contribution < 1.29 is 13.9 Å². The lowest BCUT2D eigenvalue weighted by Crippen LogP contribution is -2.44. The Bertz CT molecular complexity index is 716. The second kappa shape index (κ2) is 6.98. The van der Waals surface area contributed by atoms with E-state index in [0.29, 0.717) is 18.7 Å². The molecule has 0 saturated carbocycles. The number of carbonyl (C=O) groups is 1. The number of carbonyl (C=O) groups excluding carboxylic acids is 1. The Balaban J connectivity index is 1.70. The minimum atomic E-state index is -0.488. The van der Waals surface area contributed by atoms with Crippen LogP contribution in [0.15, 0.2) is 24.5 Å². The van der Waals surface area contributed by atoms with E-state index in [1.807, 2.05) is 13.8 Å². The van der Waals surface area contributed by atoms with Gasteiger partial charge >= 0.3 is 0 Å². The molecule has 1 fully saturated rings. The first-order valence-electron chi connectivity index (χ1n) is 8.16. The molecule has 6 nitrogen and oxygen atoms in total. The van der Waals surface area contributed by atoms with Crippen molar-refractivity contribution in [2.75, 3.05) is 13.1 Å². The van der Waals surface area contributed by atoms with Crippen molar-refractivity contribution in [2.24, 2.45) is 0 Å². The van der Waals surface area contributed by atoms with Crippen LogP contribution in [0.1, 0.15) is 48.7 Å². The predicted octanol–water partition coefficient (Wildman–Crippen LogP) is 2.75. The molecule has 0 aromatic carbocycles. The van der Waals surface area contributed by atoms with Crippen molar-refractivity contribution in [3.63, 3.8) is 0 Å². The molecule has 0 aliphatic carbocycles. The van der Waals surface area contributed by atoms with Crippen molar-refractivity contribution in [2.45, 2.75) is 38.7 Å². The van der Waals surface area contributed by atoms with E-state index in [-0.39, 0.29) is 23.8 Å². The number of nitrogens with one attached hydrogen (secondary N) is 1. The first kappa shape index (κ1) is 16.4. The van der Waals surface area contributed by atoms with E-state index in [1.54, 1.807) is 11.1 Å². The fourth-order valence-electron chi connectivity index (χ4n) is 2.91.